The number of halogens is 3. The van der Waals surface area contributed by atoms with Crippen LogP contribution < -0.4 is 16.0 Å². The summed E-state index contributed by atoms with van der Waals surface area (Å²) in [6.07, 6.45) is -4.45. The third kappa shape index (κ3) is 2.72. The van der Waals surface area contributed by atoms with Crippen LogP contribution in [-0.4, -0.2) is 25.0 Å². The second kappa shape index (κ2) is 5.32. The van der Waals surface area contributed by atoms with Crippen molar-refractivity contribution in [3.05, 3.63) is 29.3 Å². The lowest BCUT2D eigenvalue weighted by Crippen LogP contribution is -2.54. The Morgan fingerprint density at radius 2 is 2.15 bits per heavy atom. The van der Waals surface area contributed by atoms with Crippen molar-refractivity contribution in [1.82, 2.24) is 5.32 Å². The van der Waals surface area contributed by atoms with Gasteiger partial charge in [-0.3, -0.25) is 4.79 Å². The predicted molar refractivity (Wildman–Crippen MR) is 69.2 cm³/mol. The zero-order valence-corrected chi connectivity index (χ0v) is 11.0. The van der Waals surface area contributed by atoms with Crippen LogP contribution in [0.1, 0.15) is 18.1 Å². The fourth-order valence-corrected chi connectivity index (χ4v) is 2.32. The summed E-state index contributed by atoms with van der Waals surface area (Å²) in [4.78, 5) is 13.2. The maximum absolute atomic E-state index is 13.0. The third-order valence-electron chi connectivity index (χ3n) is 3.45. The summed E-state index contributed by atoms with van der Waals surface area (Å²) in [5, 5.41) is 2.68. The van der Waals surface area contributed by atoms with E-state index in [1.807, 2.05) is 0 Å². The lowest BCUT2D eigenvalue weighted by Gasteiger charge is -2.35. The molecule has 4 nitrogen and oxygen atoms in total. The number of carbonyl (C=O) groups excluding carboxylic acids is 1. The maximum atomic E-state index is 13.0. The van der Waals surface area contributed by atoms with Crippen molar-refractivity contribution in [2.45, 2.75) is 25.7 Å². The second-order valence-electron chi connectivity index (χ2n) is 4.70. The first-order valence-electron chi connectivity index (χ1n) is 6.29. The zero-order chi connectivity index (χ0) is 14.9. The smallest absolute Gasteiger partial charge is 0.358 e. The Labute approximate surface area is 114 Å². The van der Waals surface area contributed by atoms with Crippen LogP contribution >= 0.6 is 0 Å². The number of alkyl halides is 3. The van der Waals surface area contributed by atoms with E-state index in [1.165, 1.54) is 6.07 Å². The Bertz CT molecular complexity index is 516. The average Bonchev–Trinajstić information content (AvgIpc) is 2.40. The first-order chi connectivity index (χ1) is 9.34. The lowest BCUT2D eigenvalue weighted by molar-refractivity contribution is -0.138. The second-order valence-corrected chi connectivity index (χ2v) is 4.70. The van der Waals surface area contributed by atoms with Crippen LogP contribution in [0, 0.1) is 0 Å². The number of hydrogen-bond acceptors (Lipinski definition) is 3. The van der Waals surface area contributed by atoms with Crippen LogP contribution in [-0.2, 0) is 17.5 Å². The van der Waals surface area contributed by atoms with Crippen molar-refractivity contribution in [3.63, 3.8) is 0 Å². The summed E-state index contributed by atoms with van der Waals surface area (Å²) in [6, 6.07) is 3.52. The highest BCUT2D eigenvalue weighted by Gasteiger charge is 2.34. The molecule has 7 heteroatoms. The van der Waals surface area contributed by atoms with E-state index in [1.54, 1.807) is 17.9 Å². The molecule has 1 aliphatic heterocycles. The van der Waals surface area contributed by atoms with Gasteiger partial charge in [0.05, 0.1) is 5.56 Å². The van der Waals surface area contributed by atoms with Crippen molar-refractivity contribution in [3.8, 4) is 0 Å². The van der Waals surface area contributed by atoms with E-state index >= 15 is 0 Å². The van der Waals surface area contributed by atoms with Gasteiger partial charge in [-0.25, -0.2) is 0 Å². The van der Waals surface area contributed by atoms with Crippen molar-refractivity contribution in [2.75, 3.05) is 18.0 Å². The van der Waals surface area contributed by atoms with Crippen molar-refractivity contribution >= 4 is 11.6 Å². The molecule has 0 bridgehead atoms. The molecule has 1 saturated heterocycles. The van der Waals surface area contributed by atoms with Gasteiger partial charge in [0.25, 0.3) is 0 Å². The Morgan fingerprint density at radius 3 is 2.75 bits per heavy atom. The highest BCUT2D eigenvalue weighted by molar-refractivity contribution is 5.86. The Morgan fingerprint density at radius 1 is 1.45 bits per heavy atom. The van der Waals surface area contributed by atoms with Crippen molar-refractivity contribution in [2.24, 2.45) is 5.73 Å². The van der Waals surface area contributed by atoms with E-state index in [4.69, 9.17) is 5.73 Å². The number of piperazine rings is 1. The normalized spacial score (nSPS) is 19.9. The topological polar surface area (TPSA) is 58.4 Å². The Kier molecular flexibility index (Phi) is 3.89. The van der Waals surface area contributed by atoms with E-state index in [0.29, 0.717) is 18.8 Å². The van der Waals surface area contributed by atoms with Crippen LogP contribution in [0.5, 0.6) is 0 Å². The summed E-state index contributed by atoms with van der Waals surface area (Å²) in [5.74, 6) is -0.187. The van der Waals surface area contributed by atoms with Gasteiger partial charge in [-0.1, -0.05) is 6.07 Å². The first-order valence-corrected chi connectivity index (χ1v) is 6.29. The molecule has 1 aromatic carbocycles. The average molecular weight is 287 g/mol. The molecule has 1 unspecified atom stereocenters. The summed E-state index contributed by atoms with van der Waals surface area (Å²) in [7, 11) is 0. The number of carbonyl (C=O) groups is 1. The molecule has 1 atom stereocenters. The Balaban J connectivity index is 2.40. The van der Waals surface area contributed by atoms with Crippen LogP contribution in [0.4, 0.5) is 18.9 Å². The molecule has 1 heterocycles. The molecule has 0 aromatic heterocycles. The molecule has 2 rings (SSSR count). The van der Waals surface area contributed by atoms with Gasteiger partial charge in [0.2, 0.25) is 5.91 Å². The molecule has 110 valence electrons. The molecule has 0 saturated carbocycles. The van der Waals surface area contributed by atoms with Gasteiger partial charge in [-0.2, -0.15) is 13.2 Å². The molecule has 1 fully saturated rings. The van der Waals surface area contributed by atoms with Gasteiger partial charge < -0.3 is 16.0 Å². The van der Waals surface area contributed by atoms with Gasteiger partial charge in [-0.05, 0) is 24.6 Å². The highest BCUT2D eigenvalue weighted by atomic mass is 19.4. The van der Waals surface area contributed by atoms with E-state index in [-0.39, 0.29) is 18.0 Å². The van der Waals surface area contributed by atoms with E-state index in [2.05, 4.69) is 5.32 Å². The summed E-state index contributed by atoms with van der Waals surface area (Å²) in [6.45, 7) is 2.39. The largest absolute Gasteiger partial charge is 0.416 e. The fraction of sp³-hybridized carbons (Fsp3) is 0.462. The summed E-state index contributed by atoms with van der Waals surface area (Å²) >= 11 is 0. The minimum Gasteiger partial charge on any atom is -0.358 e. The van der Waals surface area contributed by atoms with Gasteiger partial charge in [-0.15, -0.1) is 0 Å². The molecular formula is C13H16F3N3O. The summed E-state index contributed by atoms with van der Waals surface area (Å²) in [5.41, 5.74) is 5.04. The van der Waals surface area contributed by atoms with Gasteiger partial charge in [0, 0.05) is 25.3 Å². The number of hydrogen-bond donors (Lipinski definition) is 2. The molecule has 0 aliphatic carbocycles. The number of benzene rings is 1. The van der Waals surface area contributed by atoms with Crippen LogP contribution in [0.2, 0.25) is 0 Å². The lowest BCUT2D eigenvalue weighted by atomic mass is 10.0. The molecule has 0 radical (unpaired) electrons. The molecular weight excluding hydrogens is 271 g/mol. The quantitative estimate of drug-likeness (QED) is 0.866. The van der Waals surface area contributed by atoms with Gasteiger partial charge in [0.15, 0.2) is 0 Å². The minimum atomic E-state index is -4.45. The summed E-state index contributed by atoms with van der Waals surface area (Å²) < 4.78 is 39.0. The van der Waals surface area contributed by atoms with Crippen molar-refractivity contribution in [1.29, 1.82) is 0 Å². The molecule has 0 spiro atoms. The van der Waals surface area contributed by atoms with Crippen LogP contribution in [0.15, 0.2) is 18.2 Å². The maximum Gasteiger partial charge on any atom is 0.416 e. The Hall–Kier alpha value is -1.76. The van der Waals surface area contributed by atoms with Gasteiger partial charge >= 0.3 is 6.18 Å². The first kappa shape index (κ1) is 14.6. The number of rotatable bonds is 2. The number of amides is 1. The van der Waals surface area contributed by atoms with Crippen LogP contribution in [0.3, 0.4) is 0 Å². The number of nitrogens with zero attached hydrogens (tertiary/aromatic N) is 1. The van der Waals surface area contributed by atoms with E-state index in [0.717, 1.165) is 6.07 Å². The minimum absolute atomic E-state index is 0.0513. The van der Waals surface area contributed by atoms with Crippen molar-refractivity contribution < 1.29 is 18.0 Å². The fourth-order valence-electron chi connectivity index (χ4n) is 2.32. The monoisotopic (exact) mass is 287 g/mol. The SMILES string of the molecule is CC1C(=O)NCCN1c1ccc(CN)c(C(F)(F)F)c1. The molecule has 1 amide bonds. The molecule has 1 aromatic rings. The van der Waals surface area contributed by atoms with Gasteiger partial charge in [0.1, 0.15) is 6.04 Å². The number of anilines is 1. The van der Waals surface area contributed by atoms with Crippen LogP contribution in [0.25, 0.3) is 0 Å². The predicted octanol–water partition coefficient (Wildman–Crippen LogP) is 1.49. The molecule has 1 aliphatic rings. The van der Waals surface area contributed by atoms with E-state index in [9.17, 15) is 18.0 Å². The highest BCUT2D eigenvalue weighted by Crippen LogP contribution is 2.35. The molecule has 20 heavy (non-hydrogen) atoms. The third-order valence-corrected chi connectivity index (χ3v) is 3.45. The molecule has 3 N–H and O–H groups in total. The number of nitrogens with two attached hydrogens (primary N) is 1. The standard InChI is InChI=1S/C13H16F3N3O/c1-8-12(20)18-4-5-19(8)10-3-2-9(7-17)11(6-10)13(14,15)16/h2-3,6,8H,4-5,7,17H2,1H3,(H,18,20). The van der Waals surface area contributed by atoms with E-state index < -0.39 is 17.8 Å². The zero-order valence-electron chi connectivity index (χ0n) is 11.0. The number of nitrogens with one attached hydrogen (secondary N) is 1.